The maximum atomic E-state index is 13.1. The molecule has 2 amide bonds. The van der Waals surface area contributed by atoms with Gasteiger partial charge >= 0.3 is 12.0 Å². The third-order valence-corrected chi connectivity index (χ3v) is 5.33. The van der Waals surface area contributed by atoms with Crippen LogP contribution in [0, 0.1) is 5.82 Å². The average Bonchev–Trinajstić information content (AvgIpc) is 2.87. The average molecular weight is 505 g/mol. The van der Waals surface area contributed by atoms with Gasteiger partial charge in [-0.3, -0.25) is 0 Å². The normalized spacial score (nSPS) is 11.6. The lowest BCUT2D eigenvalue weighted by atomic mass is 10.1. The lowest BCUT2D eigenvalue weighted by Gasteiger charge is -2.23. The van der Waals surface area contributed by atoms with E-state index in [2.05, 4.69) is 5.32 Å². The number of carbonyl (C=O) groups is 2. The summed E-state index contributed by atoms with van der Waals surface area (Å²) in [5.74, 6) is -0.685. The molecule has 0 fully saturated rings. The molecule has 0 aliphatic heterocycles. The molecule has 1 atom stereocenters. The Kier molecular flexibility index (Phi) is 13.3. The first-order chi connectivity index (χ1) is 17.4. The van der Waals surface area contributed by atoms with Crippen molar-refractivity contribution < 1.29 is 33.3 Å². The van der Waals surface area contributed by atoms with E-state index in [1.807, 2.05) is 19.1 Å². The third kappa shape index (κ3) is 11.0. The van der Waals surface area contributed by atoms with Gasteiger partial charge in [-0.2, -0.15) is 0 Å². The highest BCUT2D eigenvalue weighted by atomic mass is 19.1. The Balaban J connectivity index is 1.86. The smallest absolute Gasteiger partial charge is 0.333 e. The highest BCUT2D eigenvalue weighted by molar-refractivity contribution is 5.74. The Morgan fingerprint density at radius 1 is 0.972 bits per heavy atom. The van der Waals surface area contributed by atoms with Crippen LogP contribution in [0.25, 0.3) is 0 Å². The van der Waals surface area contributed by atoms with Crippen LogP contribution < -0.4 is 10.1 Å². The predicted octanol–water partition coefficient (Wildman–Crippen LogP) is 4.27. The predicted molar refractivity (Wildman–Crippen MR) is 135 cm³/mol. The lowest BCUT2D eigenvalue weighted by Crippen LogP contribution is -2.42. The minimum absolute atomic E-state index is 0.232. The molecule has 1 unspecified atom stereocenters. The standard InChI is InChI=1S/C27H37FN2O6/c1-3-16-34-17-5-14-30(27(33)29-20-22-6-10-23(28)11-7-22)15-18-36-24-12-8-21(9-13-24)19-25(26(31)32)35-4-2/h6-13,25H,3-5,14-20H2,1-2H3,(H,29,33)(H,31,32). The van der Waals surface area contributed by atoms with Crippen molar-refractivity contribution in [3.8, 4) is 5.75 Å². The van der Waals surface area contributed by atoms with Gasteiger partial charge in [-0.25, -0.2) is 14.0 Å². The number of carbonyl (C=O) groups excluding carboxylic acids is 1. The van der Waals surface area contributed by atoms with Gasteiger partial charge < -0.3 is 29.5 Å². The molecule has 0 aromatic heterocycles. The summed E-state index contributed by atoms with van der Waals surface area (Å²) in [6, 6.07) is 12.9. The molecular formula is C27H37FN2O6. The Bertz CT molecular complexity index is 907. The van der Waals surface area contributed by atoms with E-state index >= 15 is 0 Å². The van der Waals surface area contributed by atoms with Gasteiger partial charge in [-0.1, -0.05) is 31.2 Å². The van der Waals surface area contributed by atoms with Crippen molar-refractivity contribution in [2.75, 3.05) is 39.5 Å². The van der Waals surface area contributed by atoms with E-state index in [-0.39, 0.29) is 24.9 Å². The van der Waals surface area contributed by atoms with Gasteiger partial charge in [-0.15, -0.1) is 0 Å². The molecule has 0 aliphatic rings. The molecule has 0 saturated heterocycles. The number of benzene rings is 2. The van der Waals surface area contributed by atoms with Crippen molar-refractivity contribution in [2.45, 2.75) is 45.8 Å². The van der Waals surface area contributed by atoms with Crippen molar-refractivity contribution in [1.29, 1.82) is 0 Å². The summed E-state index contributed by atoms with van der Waals surface area (Å²) >= 11 is 0. The van der Waals surface area contributed by atoms with Crippen LogP contribution >= 0.6 is 0 Å². The minimum atomic E-state index is -0.991. The van der Waals surface area contributed by atoms with Crippen LogP contribution in [-0.2, 0) is 27.2 Å². The van der Waals surface area contributed by atoms with Crippen LogP contribution in [-0.4, -0.2) is 67.6 Å². The molecule has 0 spiro atoms. The Morgan fingerprint density at radius 2 is 1.67 bits per heavy atom. The summed E-state index contributed by atoms with van der Waals surface area (Å²) in [6.07, 6.45) is 1.02. The van der Waals surface area contributed by atoms with Gasteiger partial charge in [0.1, 0.15) is 18.2 Å². The molecule has 0 radical (unpaired) electrons. The first kappa shape index (κ1) is 29.1. The molecule has 198 valence electrons. The van der Waals surface area contributed by atoms with Crippen LogP contribution in [0.2, 0.25) is 0 Å². The zero-order chi connectivity index (χ0) is 26.2. The highest BCUT2D eigenvalue weighted by Gasteiger charge is 2.18. The number of ether oxygens (including phenoxy) is 3. The van der Waals surface area contributed by atoms with Crippen molar-refractivity contribution in [3.05, 3.63) is 65.5 Å². The Morgan fingerprint density at radius 3 is 2.31 bits per heavy atom. The molecule has 2 aromatic rings. The molecule has 8 nitrogen and oxygen atoms in total. The topological polar surface area (TPSA) is 97.3 Å². The van der Waals surface area contributed by atoms with E-state index < -0.39 is 12.1 Å². The number of rotatable bonds is 17. The molecule has 0 bridgehead atoms. The first-order valence-corrected chi connectivity index (χ1v) is 12.3. The number of urea groups is 1. The zero-order valence-electron chi connectivity index (χ0n) is 21.1. The van der Waals surface area contributed by atoms with Gasteiger partial charge in [0.05, 0.1) is 6.54 Å². The minimum Gasteiger partial charge on any atom is -0.492 e. The van der Waals surface area contributed by atoms with Crippen LogP contribution in [0.5, 0.6) is 5.75 Å². The molecule has 2 aromatic carbocycles. The Hall–Kier alpha value is -3.17. The second-order valence-electron chi connectivity index (χ2n) is 8.22. The van der Waals surface area contributed by atoms with Crippen molar-refractivity contribution in [1.82, 2.24) is 10.2 Å². The second-order valence-corrected chi connectivity index (χ2v) is 8.22. The molecular weight excluding hydrogens is 467 g/mol. The van der Waals surface area contributed by atoms with Crippen molar-refractivity contribution in [2.24, 2.45) is 0 Å². The van der Waals surface area contributed by atoms with Gasteiger partial charge in [0.25, 0.3) is 0 Å². The number of hydrogen-bond donors (Lipinski definition) is 2. The van der Waals surface area contributed by atoms with Crippen LogP contribution in [0.4, 0.5) is 9.18 Å². The van der Waals surface area contributed by atoms with Crippen LogP contribution in [0.3, 0.4) is 0 Å². The number of halogens is 1. The van der Waals surface area contributed by atoms with Gasteiger partial charge in [0.2, 0.25) is 0 Å². The Labute approximate surface area is 212 Å². The molecule has 2 N–H and O–H groups in total. The third-order valence-electron chi connectivity index (χ3n) is 5.33. The summed E-state index contributed by atoms with van der Waals surface area (Å²) in [5, 5.41) is 12.1. The number of carboxylic acid groups (broad SMARTS) is 1. The summed E-state index contributed by atoms with van der Waals surface area (Å²) in [7, 11) is 0. The zero-order valence-corrected chi connectivity index (χ0v) is 21.1. The van der Waals surface area contributed by atoms with Gasteiger partial charge in [0, 0.05) is 39.3 Å². The van der Waals surface area contributed by atoms with E-state index in [1.54, 1.807) is 36.1 Å². The second kappa shape index (κ2) is 16.5. The number of amides is 2. The summed E-state index contributed by atoms with van der Waals surface area (Å²) < 4.78 is 29.7. The maximum Gasteiger partial charge on any atom is 0.333 e. The molecule has 0 aliphatic carbocycles. The van der Waals surface area contributed by atoms with Crippen LogP contribution in [0.1, 0.15) is 37.8 Å². The summed E-state index contributed by atoms with van der Waals surface area (Å²) in [4.78, 5) is 25.7. The SMILES string of the molecule is CCCOCCCN(CCOc1ccc(CC(OCC)C(=O)O)cc1)C(=O)NCc1ccc(F)cc1. The van der Waals surface area contributed by atoms with E-state index in [0.29, 0.717) is 51.6 Å². The fourth-order valence-electron chi connectivity index (χ4n) is 3.44. The van der Waals surface area contributed by atoms with Gasteiger partial charge in [-0.05, 0) is 55.2 Å². The lowest BCUT2D eigenvalue weighted by molar-refractivity contribution is -0.149. The van der Waals surface area contributed by atoms with E-state index in [4.69, 9.17) is 14.2 Å². The van der Waals surface area contributed by atoms with Gasteiger partial charge in [0.15, 0.2) is 6.10 Å². The molecule has 9 heteroatoms. The first-order valence-electron chi connectivity index (χ1n) is 12.3. The van der Waals surface area contributed by atoms with E-state index in [9.17, 15) is 19.1 Å². The highest BCUT2D eigenvalue weighted by Crippen LogP contribution is 2.15. The maximum absolute atomic E-state index is 13.1. The fraction of sp³-hybridized carbons (Fsp3) is 0.481. The van der Waals surface area contributed by atoms with Crippen molar-refractivity contribution in [3.63, 3.8) is 0 Å². The number of nitrogens with one attached hydrogen (secondary N) is 1. The molecule has 0 heterocycles. The number of aliphatic carboxylic acids is 1. The monoisotopic (exact) mass is 504 g/mol. The number of hydrogen-bond acceptors (Lipinski definition) is 5. The van der Waals surface area contributed by atoms with E-state index in [1.165, 1.54) is 12.1 Å². The summed E-state index contributed by atoms with van der Waals surface area (Å²) in [6.45, 7) is 6.85. The number of carboxylic acids is 1. The van der Waals surface area contributed by atoms with E-state index in [0.717, 1.165) is 17.5 Å². The van der Waals surface area contributed by atoms with Crippen molar-refractivity contribution >= 4 is 12.0 Å². The molecule has 0 saturated carbocycles. The molecule has 2 rings (SSSR count). The quantitative estimate of drug-likeness (QED) is 0.313. The van der Waals surface area contributed by atoms with Crippen LogP contribution in [0.15, 0.2) is 48.5 Å². The number of nitrogens with zero attached hydrogens (tertiary/aromatic N) is 1. The largest absolute Gasteiger partial charge is 0.492 e. The molecule has 36 heavy (non-hydrogen) atoms. The summed E-state index contributed by atoms with van der Waals surface area (Å²) in [5.41, 5.74) is 1.64. The fourth-order valence-corrected chi connectivity index (χ4v) is 3.44.